The van der Waals surface area contributed by atoms with Gasteiger partial charge in [-0.15, -0.1) is 0 Å². The number of unbranched alkanes of at least 4 members (excludes halogenated alkanes) is 5. The van der Waals surface area contributed by atoms with Crippen LogP contribution in [0.15, 0.2) is 0 Å². The van der Waals surface area contributed by atoms with Crippen molar-refractivity contribution in [1.82, 2.24) is 5.32 Å². The van der Waals surface area contributed by atoms with Crippen LogP contribution >= 0.6 is 0 Å². The Balaban J connectivity index is 3.93. The van der Waals surface area contributed by atoms with Gasteiger partial charge in [0.2, 0.25) is 0 Å². The average Bonchev–Trinajstić information content (AvgIpc) is 2.48. The highest BCUT2D eigenvalue weighted by molar-refractivity contribution is 4.79. The summed E-state index contributed by atoms with van der Waals surface area (Å²) in [6.07, 6.45) is 12.0. The van der Waals surface area contributed by atoms with Crippen molar-refractivity contribution in [1.29, 1.82) is 0 Å². The van der Waals surface area contributed by atoms with Gasteiger partial charge in [0.15, 0.2) is 0 Å². The fourth-order valence-corrected chi connectivity index (χ4v) is 2.88. The Morgan fingerprint density at radius 2 is 1.57 bits per heavy atom. The predicted molar refractivity (Wildman–Crippen MR) is 93.7 cm³/mol. The Bertz CT molecular complexity index is 219. The largest absolute Gasteiger partial charge is 0.379 e. The van der Waals surface area contributed by atoms with E-state index in [-0.39, 0.29) is 5.60 Å². The van der Waals surface area contributed by atoms with Crippen molar-refractivity contribution < 1.29 is 4.74 Å². The average molecular weight is 301 g/mol. The third-order valence-corrected chi connectivity index (χ3v) is 4.64. The molecule has 0 bridgehead atoms. The second kappa shape index (κ2) is 13.5. The molecular weight excluding hydrogens is 260 g/mol. The van der Waals surface area contributed by atoms with Crippen molar-refractivity contribution in [3.63, 3.8) is 0 Å². The molecule has 0 aromatic heterocycles. The lowest BCUT2D eigenvalue weighted by molar-refractivity contribution is -0.0350. The normalized spacial score (nSPS) is 13.6. The van der Waals surface area contributed by atoms with Crippen LogP contribution in [0.4, 0.5) is 0 Å². The molecule has 0 aliphatic rings. The standard InChI is InChI=1S/C18H40N2O/c1-5-6-7-8-9-10-12-17(18(2,3)21-4)13-11-15-20-16-14-19/h17,20H,5-16,19H2,1-4H3. The summed E-state index contributed by atoms with van der Waals surface area (Å²) in [6, 6.07) is 0. The summed E-state index contributed by atoms with van der Waals surface area (Å²) in [4.78, 5) is 0. The van der Waals surface area contributed by atoms with Crippen molar-refractivity contribution in [2.75, 3.05) is 26.7 Å². The van der Waals surface area contributed by atoms with Crippen LogP contribution < -0.4 is 11.1 Å². The molecule has 0 radical (unpaired) electrons. The van der Waals surface area contributed by atoms with Crippen LogP contribution in [0.3, 0.4) is 0 Å². The SMILES string of the molecule is CCCCCCCCC(CCCNCCN)C(C)(C)OC. The van der Waals surface area contributed by atoms with Gasteiger partial charge < -0.3 is 15.8 Å². The molecule has 0 saturated carbocycles. The highest BCUT2D eigenvalue weighted by Crippen LogP contribution is 2.30. The third kappa shape index (κ3) is 11.1. The molecule has 21 heavy (non-hydrogen) atoms. The third-order valence-electron chi connectivity index (χ3n) is 4.64. The van der Waals surface area contributed by atoms with E-state index in [1.807, 2.05) is 7.11 Å². The number of nitrogens with one attached hydrogen (secondary N) is 1. The molecule has 0 rings (SSSR count). The number of ether oxygens (including phenoxy) is 1. The fourth-order valence-electron chi connectivity index (χ4n) is 2.88. The molecule has 0 saturated heterocycles. The molecule has 3 nitrogen and oxygen atoms in total. The summed E-state index contributed by atoms with van der Waals surface area (Å²) in [5, 5.41) is 3.38. The molecule has 0 amide bonds. The number of hydrogen-bond acceptors (Lipinski definition) is 3. The van der Waals surface area contributed by atoms with E-state index >= 15 is 0 Å². The van der Waals surface area contributed by atoms with E-state index in [2.05, 4.69) is 26.1 Å². The van der Waals surface area contributed by atoms with Crippen molar-refractivity contribution in [3.8, 4) is 0 Å². The molecule has 1 unspecified atom stereocenters. The molecule has 0 spiro atoms. The monoisotopic (exact) mass is 300 g/mol. The van der Waals surface area contributed by atoms with Crippen molar-refractivity contribution in [2.45, 2.75) is 84.2 Å². The molecule has 1 atom stereocenters. The Hall–Kier alpha value is -0.120. The summed E-state index contributed by atoms with van der Waals surface area (Å²) in [5.74, 6) is 0.661. The zero-order valence-corrected chi connectivity index (χ0v) is 15.0. The van der Waals surface area contributed by atoms with Crippen molar-refractivity contribution in [2.24, 2.45) is 11.7 Å². The van der Waals surface area contributed by atoms with E-state index in [9.17, 15) is 0 Å². The van der Waals surface area contributed by atoms with Crippen LogP contribution in [0.2, 0.25) is 0 Å². The van der Waals surface area contributed by atoms with Gasteiger partial charge in [-0.1, -0.05) is 45.4 Å². The summed E-state index contributed by atoms with van der Waals surface area (Å²) in [6.45, 7) is 9.48. The Kier molecular flexibility index (Phi) is 13.5. The van der Waals surface area contributed by atoms with E-state index in [1.165, 1.54) is 57.8 Å². The smallest absolute Gasteiger partial charge is 0.0650 e. The molecule has 0 aromatic rings. The summed E-state index contributed by atoms with van der Waals surface area (Å²) >= 11 is 0. The van der Waals surface area contributed by atoms with Gasteiger partial charge >= 0.3 is 0 Å². The number of nitrogens with two attached hydrogens (primary N) is 1. The molecule has 0 heterocycles. The molecular formula is C18H40N2O. The molecule has 3 N–H and O–H groups in total. The van der Waals surface area contributed by atoms with Gasteiger partial charge in [-0.05, 0) is 45.6 Å². The fraction of sp³-hybridized carbons (Fsp3) is 1.00. The van der Waals surface area contributed by atoms with Crippen LogP contribution in [0.5, 0.6) is 0 Å². The summed E-state index contributed by atoms with van der Waals surface area (Å²) < 4.78 is 5.73. The maximum Gasteiger partial charge on any atom is 0.0650 e. The molecule has 0 aromatic carbocycles. The summed E-state index contributed by atoms with van der Waals surface area (Å²) in [5.41, 5.74) is 5.49. The van der Waals surface area contributed by atoms with Gasteiger partial charge in [0, 0.05) is 20.2 Å². The molecule has 0 aliphatic heterocycles. The maximum atomic E-state index is 5.73. The van der Waals surface area contributed by atoms with Crippen LogP contribution in [0.1, 0.15) is 78.6 Å². The quantitative estimate of drug-likeness (QED) is 0.447. The first-order chi connectivity index (χ1) is 10.1. The zero-order chi connectivity index (χ0) is 16.0. The second-order valence-corrected chi connectivity index (χ2v) is 6.74. The van der Waals surface area contributed by atoms with Crippen LogP contribution in [-0.4, -0.2) is 32.3 Å². The number of methoxy groups -OCH3 is 1. The Morgan fingerprint density at radius 1 is 0.952 bits per heavy atom. The lowest BCUT2D eigenvalue weighted by Gasteiger charge is -2.33. The summed E-state index contributed by atoms with van der Waals surface area (Å²) in [7, 11) is 1.85. The maximum absolute atomic E-state index is 5.73. The first-order valence-corrected chi connectivity index (χ1v) is 9.04. The second-order valence-electron chi connectivity index (χ2n) is 6.74. The molecule has 0 fully saturated rings. The van der Waals surface area contributed by atoms with Crippen LogP contribution in [0, 0.1) is 5.92 Å². The van der Waals surface area contributed by atoms with E-state index in [4.69, 9.17) is 10.5 Å². The van der Waals surface area contributed by atoms with Crippen LogP contribution in [0.25, 0.3) is 0 Å². The number of rotatable bonds is 15. The highest BCUT2D eigenvalue weighted by atomic mass is 16.5. The topological polar surface area (TPSA) is 47.3 Å². The van der Waals surface area contributed by atoms with E-state index in [0.717, 1.165) is 19.6 Å². The van der Waals surface area contributed by atoms with E-state index in [0.29, 0.717) is 5.92 Å². The molecule has 0 aliphatic carbocycles. The number of hydrogen-bond donors (Lipinski definition) is 2. The lowest BCUT2D eigenvalue weighted by Crippen LogP contribution is -2.34. The zero-order valence-electron chi connectivity index (χ0n) is 15.0. The van der Waals surface area contributed by atoms with E-state index < -0.39 is 0 Å². The van der Waals surface area contributed by atoms with Gasteiger partial charge in [-0.2, -0.15) is 0 Å². The predicted octanol–water partition coefficient (Wildman–Crippen LogP) is 4.11. The molecule has 3 heteroatoms. The Morgan fingerprint density at radius 3 is 2.19 bits per heavy atom. The van der Waals surface area contributed by atoms with Crippen molar-refractivity contribution >= 4 is 0 Å². The minimum atomic E-state index is -0.00269. The first-order valence-electron chi connectivity index (χ1n) is 9.04. The van der Waals surface area contributed by atoms with Gasteiger partial charge in [0.25, 0.3) is 0 Å². The molecule has 128 valence electrons. The minimum absolute atomic E-state index is 0.00269. The van der Waals surface area contributed by atoms with Crippen LogP contribution in [-0.2, 0) is 4.74 Å². The highest BCUT2D eigenvalue weighted by Gasteiger charge is 2.28. The Labute approximate surface area is 133 Å². The van der Waals surface area contributed by atoms with E-state index in [1.54, 1.807) is 0 Å². The van der Waals surface area contributed by atoms with Gasteiger partial charge in [-0.3, -0.25) is 0 Å². The van der Waals surface area contributed by atoms with Gasteiger partial charge in [0.1, 0.15) is 0 Å². The minimum Gasteiger partial charge on any atom is -0.379 e. The van der Waals surface area contributed by atoms with Gasteiger partial charge in [-0.25, -0.2) is 0 Å². The van der Waals surface area contributed by atoms with Crippen molar-refractivity contribution in [3.05, 3.63) is 0 Å². The first kappa shape index (κ1) is 20.9. The van der Waals surface area contributed by atoms with Gasteiger partial charge in [0.05, 0.1) is 5.60 Å². The lowest BCUT2D eigenvalue weighted by atomic mass is 9.82.